The van der Waals surface area contributed by atoms with E-state index in [-0.39, 0.29) is 6.03 Å². The van der Waals surface area contributed by atoms with Crippen LogP contribution in [0.4, 0.5) is 4.79 Å². The molecular formula is C17H21N3O2. The number of amides is 2. The zero-order valence-electron chi connectivity index (χ0n) is 12.9. The van der Waals surface area contributed by atoms with Crippen molar-refractivity contribution in [1.29, 1.82) is 0 Å². The largest absolute Gasteiger partial charge is 0.478 e. The first-order chi connectivity index (χ1) is 10.7. The van der Waals surface area contributed by atoms with Crippen LogP contribution in [0.5, 0.6) is 5.88 Å². The van der Waals surface area contributed by atoms with Crippen molar-refractivity contribution in [3.05, 3.63) is 59.3 Å². The number of nitrogens with zero attached hydrogens (tertiary/aromatic N) is 1. The van der Waals surface area contributed by atoms with E-state index in [4.69, 9.17) is 4.74 Å². The molecule has 0 atom stereocenters. The van der Waals surface area contributed by atoms with Gasteiger partial charge in [0.25, 0.3) is 0 Å². The molecule has 2 rings (SSSR count). The predicted molar refractivity (Wildman–Crippen MR) is 85.7 cm³/mol. The first-order valence-electron chi connectivity index (χ1n) is 7.33. The Hall–Kier alpha value is -2.56. The maximum absolute atomic E-state index is 11.9. The standard InChI is InChI=1S/C17H21N3O2/c1-3-22-16-15(9-6-10-18-16)12-20-17(21)19-11-14-8-5-4-7-13(14)2/h4-10H,3,11-12H2,1-2H3,(H2,19,20,21). The van der Waals surface area contributed by atoms with Crippen LogP contribution >= 0.6 is 0 Å². The summed E-state index contributed by atoms with van der Waals surface area (Å²) in [6.45, 7) is 5.36. The molecular weight excluding hydrogens is 278 g/mol. The van der Waals surface area contributed by atoms with E-state index in [9.17, 15) is 4.79 Å². The molecule has 5 nitrogen and oxygen atoms in total. The molecule has 0 spiro atoms. The molecule has 2 aromatic rings. The molecule has 22 heavy (non-hydrogen) atoms. The van der Waals surface area contributed by atoms with Crippen LogP contribution in [0.2, 0.25) is 0 Å². The smallest absolute Gasteiger partial charge is 0.315 e. The highest BCUT2D eigenvalue weighted by molar-refractivity contribution is 5.73. The number of hydrogen-bond donors (Lipinski definition) is 2. The van der Waals surface area contributed by atoms with Gasteiger partial charge in [-0.15, -0.1) is 0 Å². The molecule has 116 valence electrons. The highest BCUT2D eigenvalue weighted by atomic mass is 16.5. The predicted octanol–water partition coefficient (Wildman–Crippen LogP) is 2.79. The molecule has 0 aliphatic rings. The molecule has 0 aliphatic heterocycles. The van der Waals surface area contributed by atoms with Gasteiger partial charge in [0, 0.05) is 24.8 Å². The summed E-state index contributed by atoms with van der Waals surface area (Å²) in [5, 5.41) is 5.67. The normalized spacial score (nSPS) is 10.1. The zero-order chi connectivity index (χ0) is 15.8. The number of carbonyl (C=O) groups is 1. The summed E-state index contributed by atoms with van der Waals surface area (Å²) in [7, 11) is 0. The van der Waals surface area contributed by atoms with Crippen LogP contribution in [0.3, 0.4) is 0 Å². The zero-order valence-corrected chi connectivity index (χ0v) is 12.9. The van der Waals surface area contributed by atoms with Crippen LogP contribution < -0.4 is 15.4 Å². The maximum Gasteiger partial charge on any atom is 0.315 e. The molecule has 0 bridgehead atoms. The number of nitrogens with one attached hydrogen (secondary N) is 2. The van der Waals surface area contributed by atoms with Crippen molar-refractivity contribution in [1.82, 2.24) is 15.6 Å². The van der Waals surface area contributed by atoms with Gasteiger partial charge < -0.3 is 15.4 Å². The SMILES string of the molecule is CCOc1ncccc1CNC(=O)NCc1ccccc1C. The molecule has 0 saturated carbocycles. The highest BCUT2D eigenvalue weighted by Crippen LogP contribution is 2.13. The minimum Gasteiger partial charge on any atom is -0.478 e. The lowest BCUT2D eigenvalue weighted by Crippen LogP contribution is -2.34. The van der Waals surface area contributed by atoms with Crippen molar-refractivity contribution in [3.63, 3.8) is 0 Å². The second kappa shape index (κ2) is 8.02. The Morgan fingerprint density at radius 1 is 1.09 bits per heavy atom. The average Bonchev–Trinajstić information content (AvgIpc) is 2.53. The molecule has 2 amide bonds. The number of benzene rings is 1. The Kier molecular flexibility index (Phi) is 5.77. The molecule has 1 aromatic carbocycles. The Balaban J connectivity index is 1.84. The van der Waals surface area contributed by atoms with E-state index < -0.39 is 0 Å². The van der Waals surface area contributed by atoms with Crippen LogP contribution in [-0.4, -0.2) is 17.6 Å². The molecule has 0 radical (unpaired) electrons. The van der Waals surface area contributed by atoms with Crippen LogP contribution in [-0.2, 0) is 13.1 Å². The third-order valence-electron chi connectivity index (χ3n) is 3.27. The second-order valence-corrected chi connectivity index (χ2v) is 4.86. The quantitative estimate of drug-likeness (QED) is 0.862. The summed E-state index contributed by atoms with van der Waals surface area (Å²) in [5.41, 5.74) is 3.12. The van der Waals surface area contributed by atoms with Gasteiger partial charge in [0.2, 0.25) is 5.88 Å². The van der Waals surface area contributed by atoms with Crippen LogP contribution in [0, 0.1) is 6.92 Å². The van der Waals surface area contributed by atoms with Gasteiger partial charge in [-0.1, -0.05) is 30.3 Å². The molecule has 1 aromatic heterocycles. The van der Waals surface area contributed by atoms with Crippen molar-refractivity contribution in [2.75, 3.05) is 6.61 Å². The number of carbonyl (C=O) groups excluding carboxylic acids is 1. The van der Waals surface area contributed by atoms with Gasteiger partial charge in [0.1, 0.15) is 0 Å². The van der Waals surface area contributed by atoms with Crippen molar-refractivity contribution in [2.45, 2.75) is 26.9 Å². The van der Waals surface area contributed by atoms with E-state index >= 15 is 0 Å². The lowest BCUT2D eigenvalue weighted by atomic mass is 10.1. The van der Waals surface area contributed by atoms with Crippen LogP contribution in [0.25, 0.3) is 0 Å². The lowest BCUT2D eigenvalue weighted by molar-refractivity contribution is 0.240. The van der Waals surface area contributed by atoms with E-state index in [0.29, 0.717) is 25.6 Å². The number of aryl methyl sites for hydroxylation is 1. The van der Waals surface area contributed by atoms with Gasteiger partial charge in [-0.05, 0) is 31.0 Å². The van der Waals surface area contributed by atoms with Gasteiger partial charge in [0.05, 0.1) is 6.61 Å². The highest BCUT2D eigenvalue weighted by Gasteiger charge is 2.06. The average molecular weight is 299 g/mol. The molecule has 0 aliphatic carbocycles. The van der Waals surface area contributed by atoms with Gasteiger partial charge in [0.15, 0.2) is 0 Å². The molecule has 0 unspecified atom stereocenters. The monoisotopic (exact) mass is 299 g/mol. The number of pyridine rings is 1. The Morgan fingerprint density at radius 3 is 2.50 bits per heavy atom. The molecule has 1 heterocycles. The van der Waals surface area contributed by atoms with Crippen molar-refractivity contribution < 1.29 is 9.53 Å². The molecule has 5 heteroatoms. The topological polar surface area (TPSA) is 63.2 Å². The lowest BCUT2D eigenvalue weighted by Gasteiger charge is -2.11. The fourth-order valence-electron chi connectivity index (χ4n) is 2.05. The summed E-state index contributed by atoms with van der Waals surface area (Å²) in [6.07, 6.45) is 1.67. The van der Waals surface area contributed by atoms with E-state index in [1.807, 2.05) is 50.2 Å². The van der Waals surface area contributed by atoms with Gasteiger partial charge in [-0.2, -0.15) is 0 Å². The van der Waals surface area contributed by atoms with Crippen molar-refractivity contribution in [3.8, 4) is 5.88 Å². The first kappa shape index (κ1) is 15.8. The third-order valence-corrected chi connectivity index (χ3v) is 3.27. The van der Waals surface area contributed by atoms with Crippen LogP contribution in [0.1, 0.15) is 23.6 Å². The van der Waals surface area contributed by atoms with Gasteiger partial charge in [-0.25, -0.2) is 9.78 Å². The number of rotatable bonds is 6. The van der Waals surface area contributed by atoms with E-state index in [2.05, 4.69) is 15.6 Å². The third kappa shape index (κ3) is 4.48. The van der Waals surface area contributed by atoms with E-state index in [1.54, 1.807) is 6.20 Å². The van der Waals surface area contributed by atoms with E-state index in [1.165, 1.54) is 0 Å². The fraction of sp³-hybridized carbons (Fsp3) is 0.294. The second-order valence-electron chi connectivity index (χ2n) is 4.86. The summed E-state index contributed by atoms with van der Waals surface area (Å²) < 4.78 is 5.43. The number of urea groups is 1. The molecule has 0 fully saturated rings. The van der Waals surface area contributed by atoms with Crippen molar-refractivity contribution in [2.24, 2.45) is 0 Å². The summed E-state index contributed by atoms with van der Waals surface area (Å²) in [4.78, 5) is 16.0. The maximum atomic E-state index is 11.9. The van der Waals surface area contributed by atoms with Crippen molar-refractivity contribution >= 4 is 6.03 Å². The van der Waals surface area contributed by atoms with Gasteiger partial charge in [-0.3, -0.25) is 0 Å². The fourth-order valence-corrected chi connectivity index (χ4v) is 2.05. The first-order valence-corrected chi connectivity index (χ1v) is 7.33. The minimum absolute atomic E-state index is 0.213. The Morgan fingerprint density at radius 2 is 1.77 bits per heavy atom. The Bertz CT molecular complexity index is 629. The van der Waals surface area contributed by atoms with Gasteiger partial charge >= 0.3 is 6.03 Å². The minimum atomic E-state index is -0.213. The number of hydrogen-bond acceptors (Lipinski definition) is 3. The number of ether oxygens (including phenoxy) is 1. The van der Waals surface area contributed by atoms with E-state index in [0.717, 1.165) is 16.7 Å². The summed E-state index contributed by atoms with van der Waals surface area (Å²) in [6, 6.07) is 11.5. The summed E-state index contributed by atoms with van der Waals surface area (Å²) >= 11 is 0. The molecule has 2 N–H and O–H groups in total. The van der Waals surface area contributed by atoms with Crippen LogP contribution in [0.15, 0.2) is 42.6 Å². The number of aromatic nitrogens is 1. The Labute approximate surface area is 130 Å². The summed E-state index contributed by atoms with van der Waals surface area (Å²) in [5.74, 6) is 0.559. The molecule has 0 saturated heterocycles.